The number of nitrogens with zero attached hydrogens (tertiary/aromatic N) is 3. The molecule has 0 radical (unpaired) electrons. The van der Waals surface area contributed by atoms with E-state index in [1.165, 1.54) is 12.1 Å². The normalized spacial score (nSPS) is 13.6. The van der Waals surface area contributed by atoms with Crippen molar-refractivity contribution in [2.45, 2.75) is 39.6 Å². The molecule has 0 aliphatic carbocycles. The van der Waals surface area contributed by atoms with E-state index >= 15 is 0 Å². The lowest BCUT2D eigenvalue weighted by Crippen LogP contribution is -2.52. The Kier molecular flexibility index (Phi) is 6.39. The summed E-state index contributed by atoms with van der Waals surface area (Å²) >= 11 is 0. The third kappa shape index (κ3) is 4.90. The molecule has 0 aliphatic rings. The fraction of sp³-hybridized carbons (Fsp3) is 0.348. The van der Waals surface area contributed by atoms with E-state index in [1.54, 1.807) is 42.1 Å². The Balaban J connectivity index is 1.98. The minimum atomic E-state index is -1.24. The van der Waals surface area contributed by atoms with Gasteiger partial charge in [-0.15, -0.1) is 0 Å². The number of aliphatic hydroxyl groups is 1. The van der Waals surface area contributed by atoms with Crippen molar-refractivity contribution in [3.05, 3.63) is 65.1 Å². The highest BCUT2D eigenvalue weighted by Crippen LogP contribution is 2.27. The Morgan fingerprint density at radius 3 is 2.52 bits per heavy atom. The van der Waals surface area contributed by atoms with E-state index in [0.717, 1.165) is 5.56 Å². The number of benzene rings is 2. The van der Waals surface area contributed by atoms with Crippen LogP contribution in [0.4, 0.5) is 4.39 Å². The van der Waals surface area contributed by atoms with E-state index in [0.29, 0.717) is 28.7 Å². The summed E-state index contributed by atoms with van der Waals surface area (Å²) in [7, 11) is 1.54. The van der Waals surface area contributed by atoms with Crippen LogP contribution in [0, 0.1) is 22.6 Å². The van der Waals surface area contributed by atoms with Crippen molar-refractivity contribution in [2.24, 2.45) is 5.41 Å². The molecule has 2 unspecified atom stereocenters. The number of fused-ring (bicyclic) bond motifs is 1. The lowest BCUT2D eigenvalue weighted by atomic mass is 9.86. The van der Waals surface area contributed by atoms with Gasteiger partial charge >= 0.3 is 0 Å². The molecule has 1 aromatic heterocycles. The molecule has 0 saturated carbocycles. The second kappa shape index (κ2) is 8.84. The van der Waals surface area contributed by atoms with Gasteiger partial charge in [-0.2, -0.15) is 10.4 Å². The van der Waals surface area contributed by atoms with Gasteiger partial charge in [0.2, 0.25) is 5.91 Å². The van der Waals surface area contributed by atoms with E-state index in [4.69, 9.17) is 5.26 Å². The molecule has 1 heterocycles. The lowest BCUT2D eigenvalue weighted by Gasteiger charge is -2.31. The van der Waals surface area contributed by atoms with Crippen molar-refractivity contribution in [3.8, 4) is 6.07 Å². The van der Waals surface area contributed by atoms with Crippen LogP contribution in [0.5, 0.6) is 0 Å². The van der Waals surface area contributed by atoms with Crippen molar-refractivity contribution in [3.63, 3.8) is 0 Å². The molecule has 7 nitrogen and oxygen atoms in total. The van der Waals surface area contributed by atoms with Crippen LogP contribution >= 0.6 is 0 Å². The van der Waals surface area contributed by atoms with Gasteiger partial charge < -0.3 is 10.4 Å². The van der Waals surface area contributed by atoms with E-state index in [9.17, 15) is 14.3 Å². The molecule has 3 rings (SSSR count). The molecule has 0 spiro atoms. The van der Waals surface area contributed by atoms with Crippen molar-refractivity contribution < 1.29 is 14.3 Å². The zero-order valence-corrected chi connectivity index (χ0v) is 18.0. The summed E-state index contributed by atoms with van der Waals surface area (Å²) in [6, 6.07) is 12.7. The van der Waals surface area contributed by atoms with E-state index in [1.807, 2.05) is 20.8 Å². The lowest BCUT2D eigenvalue weighted by molar-refractivity contribution is -0.126. The van der Waals surface area contributed by atoms with Gasteiger partial charge in [-0.1, -0.05) is 32.9 Å². The number of amides is 1. The predicted octanol–water partition coefficient (Wildman–Crippen LogP) is 2.84. The number of aromatic nitrogens is 2. The van der Waals surface area contributed by atoms with Crippen LogP contribution < -0.4 is 10.6 Å². The number of halogens is 1. The molecule has 162 valence electrons. The van der Waals surface area contributed by atoms with Gasteiger partial charge in [0, 0.05) is 12.4 Å². The van der Waals surface area contributed by atoms with Gasteiger partial charge in [0.25, 0.3) is 0 Å². The van der Waals surface area contributed by atoms with Gasteiger partial charge in [0.05, 0.1) is 29.7 Å². The Morgan fingerprint density at radius 1 is 1.26 bits per heavy atom. The number of carbonyl (C=O) groups excluding carboxylic acids is 1. The number of hydrogen-bond acceptors (Lipinski definition) is 5. The van der Waals surface area contributed by atoms with Gasteiger partial charge in [-0.25, -0.2) is 4.39 Å². The molecule has 3 N–H and O–H groups in total. The first-order valence-electron chi connectivity index (χ1n) is 9.94. The third-order valence-electron chi connectivity index (χ3n) is 5.12. The maximum Gasteiger partial charge on any atom is 0.237 e. The number of likely N-dealkylation sites (N-methyl/N-ethyl adjacent to an activating group) is 1. The van der Waals surface area contributed by atoms with Crippen LogP contribution in [0.15, 0.2) is 42.5 Å². The van der Waals surface area contributed by atoms with Gasteiger partial charge in [0.1, 0.15) is 11.5 Å². The Morgan fingerprint density at radius 2 is 1.94 bits per heavy atom. The van der Waals surface area contributed by atoms with Crippen LogP contribution in [0.1, 0.15) is 43.8 Å². The summed E-state index contributed by atoms with van der Waals surface area (Å²) in [6.45, 7) is 6.01. The average Bonchev–Trinajstić information content (AvgIpc) is 3.08. The molecule has 0 saturated heterocycles. The molecule has 8 heteroatoms. The van der Waals surface area contributed by atoms with E-state index in [2.05, 4.69) is 21.8 Å². The van der Waals surface area contributed by atoms with Crippen LogP contribution in [0.3, 0.4) is 0 Å². The summed E-state index contributed by atoms with van der Waals surface area (Å²) in [5.41, 5.74) is 1.78. The van der Waals surface area contributed by atoms with Crippen LogP contribution in [0.2, 0.25) is 0 Å². The zero-order valence-electron chi connectivity index (χ0n) is 18.0. The summed E-state index contributed by atoms with van der Waals surface area (Å²) in [5.74, 6) is -0.667. The molecule has 3 aromatic rings. The number of nitrogens with one attached hydrogen (secondary N) is 2. The molecule has 2 aromatic carbocycles. The highest BCUT2D eigenvalue weighted by Gasteiger charge is 2.33. The minimum absolute atomic E-state index is 0.251. The SMILES string of the molecule is CNC(=O)C(NC(O)c1nn(Cc2ccc(C#N)cc2)c2cc(F)ccc12)C(C)(C)C. The number of aliphatic hydroxyl groups excluding tert-OH is 1. The Hall–Kier alpha value is -3.28. The van der Waals surface area contributed by atoms with Gasteiger partial charge in [-0.05, 0) is 41.3 Å². The molecule has 0 bridgehead atoms. The number of hydrogen-bond donors (Lipinski definition) is 3. The monoisotopic (exact) mass is 423 g/mol. The Bertz CT molecular complexity index is 1130. The molecular formula is C23H26FN5O2. The first-order valence-corrected chi connectivity index (χ1v) is 9.94. The summed E-state index contributed by atoms with van der Waals surface area (Å²) in [5, 5.41) is 30.6. The van der Waals surface area contributed by atoms with Crippen molar-refractivity contribution in [1.82, 2.24) is 20.4 Å². The fourth-order valence-corrected chi connectivity index (χ4v) is 3.45. The topological polar surface area (TPSA) is 103 Å². The summed E-state index contributed by atoms with van der Waals surface area (Å²) in [4.78, 5) is 12.3. The Labute approximate surface area is 180 Å². The van der Waals surface area contributed by atoms with Crippen LogP contribution in [0.25, 0.3) is 10.9 Å². The number of nitriles is 1. The summed E-state index contributed by atoms with van der Waals surface area (Å²) in [6.07, 6.45) is -1.24. The van der Waals surface area contributed by atoms with Crippen molar-refractivity contribution >= 4 is 16.8 Å². The van der Waals surface area contributed by atoms with Crippen LogP contribution in [-0.2, 0) is 11.3 Å². The first-order chi connectivity index (χ1) is 14.6. The van der Waals surface area contributed by atoms with E-state index < -0.39 is 23.5 Å². The molecule has 1 amide bonds. The van der Waals surface area contributed by atoms with Crippen LogP contribution in [-0.4, -0.2) is 33.9 Å². The predicted molar refractivity (Wildman–Crippen MR) is 115 cm³/mol. The van der Waals surface area contributed by atoms with Gasteiger partial charge in [0.15, 0.2) is 6.23 Å². The summed E-state index contributed by atoms with van der Waals surface area (Å²) < 4.78 is 15.6. The quantitative estimate of drug-likeness (QED) is 0.529. The maximum absolute atomic E-state index is 14.0. The standard InChI is InChI=1S/C23H26FN5O2/c1-23(2,3)20(22(31)26-4)27-21(30)19-17-10-9-16(24)11-18(17)29(28-19)13-15-7-5-14(12-25)6-8-15/h5-11,20-21,27,30H,13H2,1-4H3,(H,26,31). The van der Waals surface area contributed by atoms with Gasteiger partial charge in [-0.3, -0.25) is 14.8 Å². The zero-order chi connectivity index (χ0) is 22.8. The number of carbonyl (C=O) groups is 1. The first kappa shape index (κ1) is 22.4. The second-order valence-electron chi connectivity index (χ2n) is 8.50. The largest absolute Gasteiger partial charge is 0.373 e. The fourth-order valence-electron chi connectivity index (χ4n) is 3.45. The second-order valence-corrected chi connectivity index (χ2v) is 8.50. The third-order valence-corrected chi connectivity index (χ3v) is 5.12. The molecule has 0 fully saturated rings. The maximum atomic E-state index is 14.0. The highest BCUT2D eigenvalue weighted by molar-refractivity contribution is 5.84. The molecule has 2 atom stereocenters. The molecular weight excluding hydrogens is 397 g/mol. The average molecular weight is 423 g/mol. The number of rotatable bonds is 6. The van der Waals surface area contributed by atoms with E-state index in [-0.39, 0.29) is 5.91 Å². The molecule has 0 aliphatic heterocycles. The smallest absolute Gasteiger partial charge is 0.237 e. The molecule has 31 heavy (non-hydrogen) atoms. The van der Waals surface area contributed by atoms with Crippen molar-refractivity contribution in [1.29, 1.82) is 5.26 Å². The van der Waals surface area contributed by atoms with Crippen molar-refractivity contribution in [2.75, 3.05) is 7.05 Å². The highest BCUT2D eigenvalue weighted by atomic mass is 19.1. The minimum Gasteiger partial charge on any atom is -0.373 e.